The van der Waals surface area contributed by atoms with E-state index >= 15 is 0 Å². The first kappa shape index (κ1) is 19.1. The van der Waals surface area contributed by atoms with Crippen LogP contribution in [0.4, 0.5) is 8.78 Å². The van der Waals surface area contributed by atoms with E-state index in [0.717, 1.165) is 36.7 Å². The molecule has 0 radical (unpaired) electrons. The monoisotopic (exact) mass is 400 g/mol. The molecule has 5 heteroatoms. The molecule has 2 aromatic carbocycles. The highest BCUT2D eigenvalue weighted by Gasteiger charge is 2.18. The number of aryl methyl sites for hydroxylation is 1. The van der Waals surface area contributed by atoms with Crippen LogP contribution in [0.15, 0.2) is 48.5 Å². The maximum absolute atomic E-state index is 14.8. The van der Waals surface area contributed by atoms with Crippen LogP contribution in [0.3, 0.4) is 0 Å². The van der Waals surface area contributed by atoms with Gasteiger partial charge in [0.25, 0.3) is 0 Å². The molecule has 0 N–H and O–H groups in total. The summed E-state index contributed by atoms with van der Waals surface area (Å²) in [4.78, 5) is 0.661. The molecule has 146 valence electrons. The zero-order valence-electron chi connectivity index (χ0n) is 15.7. The van der Waals surface area contributed by atoms with Crippen LogP contribution in [0, 0.1) is 24.5 Å². The van der Waals surface area contributed by atoms with Gasteiger partial charge in [-0.05, 0) is 49.4 Å². The van der Waals surface area contributed by atoms with Gasteiger partial charge < -0.3 is 9.47 Å². The highest BCUT2D eigenvalue weighted by molar-refractivity contribution is 7.17. The predicted octanol–water partition coefficient (Wildman–Crippen LogP) is 6.47. The minimum Gasteiger partial charge on any atom is -0.484 e. The predicted molar refractivity (Wildman–Crippen MR) is 109 cm³/mol. The van der Waals surface area contributed by atoms with Crippen LogP contribution in [0.1, 0.15) is 18.4 Å². The van der Waals surface area contributed by atoms with Crippen LogP contribution >= 0.6 is 11.3 Å². The molecule has 1 fully saturated rings. The first-order chi connectivity index (χ1) is 13.6. The van der Waals surface area contributed by atoms with Gasteiger partial charge in [0.2, 0.25) is 0 Å². The minimum atomic E-state index is -0.823. The Morgan fingerprint density at radius 2 is 1.61 bits per heavy atom. The molecule has 0 saturated carbocycles. The highest BCUT2D eigenvalue weighted by atomic mass is 32.1. The first-order valence-electron chi connectivity index (χ1n) is 9.47. The van der Waals surface area contributed by atoms with Crippen molar-refractivity contribution in [3.8, 4) is 26.6 Å². The topological polar surface area (TPSA) is 18.5 Å². The normalized spacial score (nSPS) is 15.0. The van der Waals surface area contributed by atoms with Crippen LogP contribution in [0.5, 0.6) is 5.06 Å². The second kappa shape index (κ2) is 8.41. The second-order valence-electron chi connectivity index (χ2n) is 7.14. The van der Waals surface area contributed by atoms with Crippen molar-refractivity contribution in [2.24, 2.45) is 5.92 Å². The lowest BCUT2D eigenvalue weighted by molar-refractivity contribution is 0.0503. The van der Waals surface area contributed by atoms with Crippen molar-refractivity contribution >= 4 is 11.3 Å². The van der Waals surface area contributed by atoms with Gasteiger partial charge in [-0.15, -0.1) is 0 Å². The van der Waals surface area contributed by atoms with E-state index in [1.165, 1.54) is 11.3 Å². The number of thiophene rings is 1. The summed E-state index contributed by atoms with van der Waals surface area (Å²) in [6.45, 7) is 4.15. The van der Waals surface area contributed by atoms with Crippen LogP contribution in [-0.4, -0.2) is 19.8 Å². The number of halogens is 2. The number of rotatable bonds is 5. The van der Waals surface area contributed by atoms with Gasteiger partial charge in [-0.2, -0.15) is 0 Å². The molecule has 1 aliphatic rings. The van der Waals surface area contributed by atoms with Gasteiger partial charge in [0.05, 0.1) is 6.61 Å². The molecule has 1 saturated heterocycles. The van der Waals surface area contributed by atoms with E-state index in [0.29, 0.717) is 23.0 Å². The summed E-state index contributed by atoms with van der Waals surface area (Å²) in [6, 6.07) is 14.3. The Bertz CT molecular complexity index is 944. The third kappa shape index (κ3) is 4.10. The van der Waals surface area contributed by atoms with Crippen LogP contribution < -0.4 is 4.74 Å². The molecule has 3 aromatic rings. The zero-order chi connectivity index (χ0) is 19.5. The van der Waals surface area contributed by atoms with Gasteiger partial charge in [0.15, 0.2) is 16.7 Å². The van der Waals surface area contributed by atoms with E-state index in [1.807, 2.05) is 25.1 Å². The lowest BCUT2D eigenvalue weighted by atomic mass is 10.0. The lowest BCUT2D eigenvalue weighted by Gasteiger charge is -2.21. The third-order valence-electron chi connectivity index (χ3n) is 5.09. The van der Waals surface area contributed by atoms with Crippen molar-refractivity contribution in [3.63, 3.8) is 0 Å². The Labute approximate surface area is 167 Å². The molecular formula is C23H22F2O2S. The first-order valence-corrected chi connectivity index (χ1v) is 10.3. The summed E-state index contributed by atoms with van der Waals surface area (Å²) in [6.07, 6.45) is 2.00. The average Bonchev–Trinajstić information content (AvgIpc) is 3.19. The summed E-state index contributed by atoms with van der Waals surface area (Å²) < 4.78 is 40.7. The minimum absolute atomic E-state index is 0.263. The van der Waals surface area contributed by atoms with E-state index in [4.69, 9.17) is 9.47 Å². The standard InChI is InChI=1S/C23H22F2O2S/c1-15-2-4-17(5-3-15)18-6-7-19(23(25)22(18)24)20-8-9-21(28-20)27-14-16-10-12-26-13-11-16/h2-9,16H,10-14H2,1H3. The number of hydrogen-bond acceptors (Lipinski definition) is 3. The van der Waals surface area contributed by atoms with Crippen molar-refractivity contribution in [2.75, 3.05) is 19.8 Å². The largest absolute Gasteiger partial charge is 0.484 e. The van der Waals surface area contributed by atoms with E-state index in [9.17, 15) is 8.78 Å². The van der Waals surface area contributed by atoms with E-state index in [1.54, 1.807) is 30.3 Å². The zero-order valence-corrected chi connectivity index (χ0v) is 16.5. The molecular weight excluding hydrogens is 378 g/mol. The van der Waals surface area contributed by atoms with Crippen molar-refractivity contribution in [2.45, 2.75) is 19.8 Å². The summed E-state index contributed by atoms with van der Waals surface area (Å²) in [5, 5.41) is 0.726. The second-order valence-corrected chi connectivity index (χ2v) is 8.19. The van der Waals surface area contributed by atoms with Gasteiger partial charge in [-0.1, -0.05) is 47.2 Å². The maximum Gasteiger partial charge on any atom is 0.174 e. The Morgan fingerprint density at radius 3 is 2.36 bits per heavy atom. The smallest absolute Gasteiger partial charge is 0.174 e. The fourth-order valence-electron chi connectivity index (χ4n) is 3.35. The maximum atomic E-state index is 14.8. The quantitative estimate of drug-likeness (QED) is 0.488. The van der Waals surface area contributed by atoms with Gasteiger partial charge in [0, 0.05) is 29.2 Å². The van der Waals surface area contributed by atoms with E-state index < -0.39 is 11.6 Å². The number of ether oxygens (including phenoxy) is 2. The third-order valence-corrected chi connectivity index (χ3v) is 6.12. The summed E-state index contributed by atoms with van der Waals surface area (Å²) in [7, 11) is 0. The molecule has 28 heavy (non-hydrogen) atoms. The molecule has 0 amide bonds. The van der Waals surface area contributed by atoms with E-state index in [-0.39, 0.29) is 11.1 Å². The summed E-state index contributed by atoms with van der Waals surface area (Å²) in [5.41, 5.74) is 2.28. The van der Waals surface area contributed by atoms with Gasteiger partial charge in [-0.3, -0.25) is 0 Å². The van der Waals surface area contributed by atoms with Crippen molar-refractivity contribution in [1.29, 1.82) is 0 Å². The lowest BCUT2D eigenvalue weighted by Crippen LogP contribution is -2.21. The molecule has 2 nitrogen and oxygen atoms in total. The van der Waals surface area contributed by atoms with Crippen LogP contribution in [-0.2, 0) is 4.74 Å². The Morgan fingerprint density at radius 1 is 0.929 bits per heavy atom. The fraction of sp³-hybridized carbons (Fsp3) is 0.304. The fourth-order valence-corrected chi connectivity index (χ4v) is 4.23. The number of benzene rings is 2. The van der Waals surface area contributed by atoms with Crippen LogP contribution in [0.25, 0.3) is 21.6 Å². The summed E-state index contributed by atoms with van der Waals surface area (Å²) in [5.74, 6) is -1.15. The molecule has 2 heterocycles. The van der Waals surface area contributed by atoms with Gasteiger partial charge >= 0.3 is 0 Å². The van der Waals surface area contributed by atoms with E-state index in [2.05, 4.69) is 0 Å². The molecule has 0 aliphatic carbocycles. The number of hydrogen-bond donors (Lipinski definition) is 0. The van der Waals surface area contributed by atoms with Crippen LogP contribution in [0.2, 0.25) is 0 Å². The molecule has 1 aromatic heterocycles. The van der Waals surface area contributed by atoms with Crippen molar-refractivity contribution in [1.82, 2.24) is 0 Å². The average molecular weight is 400 g/mol. The Hall–Kier alpha value is -2.24. The SMILES string of the molecule is Cc1ccc(-c2ccc(-c3ccc(OCC4CCOCC4)s3)c(F)c2F)cc1. The molecule has 0 bridgehead atoms. The van der Waals surface area contributed by atoms with Gasteiger partial charge in [0.1, 0.15) is 0 Å². The molecule has 0 unspecified atom stereocenters. The highest BCUT2D eigenvalue weighted by Crippen LogP contribution is 2.37. The summed E-state index contributed by atoms with van der Waals surface area (Å²) >= 11 is 1.34. The Kier molecular flexibility index (Phi) is 5.74. The van der Waals surface area contributed by atoms with Crippen molar-refractivity contribution < 1.29 is 18.3 Å². The molecule has 4 rings (SSSR count). The Balaban J connectivity index is 1.52. The molecule has 0 spiro atoms. The van der Waals surface area contributed by atoms with Gasteiger partial charge in [-0.25, -0.2) is 8.78 Å². The van der Waals surface area contributed by atoms with Crippen molar-refractivity contribution in [3.05, 3.63) is 65.7 Å². The molecule has 0 atom stereocenters. The molecule has 1 aliphatic heterocycles.